The van der Waals surface area contributed by atoms with Crippen molar-refractivity contribution >= 4 is 11.6 Å². The Morgan fingerprint density at radius 3 is 2.03 bits per heavy atom. The van der Waals surface area contributed by atoms with E-state index in [2.05, 4.69) is 17.3 Å². The minimum Gasteiger partial charge on any atom is -0.490 e. The molecule has 164 valence electrons. The Kier molecular flexibility index (Phi) is 5.66. The van der Waals surface area contributed by atoms with Crippen molar-refractivity contribution < 1.29 is 13.9 Å². The molecule has 2 bridgehead atoms. The molecule has 1 amide bonds. The number of amides is 1. The molecule has 2 heterocycles. The smallest absolute Gasteiger partial charge is 0.255 e. The van der Waals surface area contributed by atoms with Crippen LogP contribution >= 0.6 is 0 Å². The molecule has 2 fully saturated rings. The zero-order chi connectivity index (χ0) is 22.1. The van der Waals surface area contributed by atoms with Gasteiger partial charge in [0.2, 0.25) is 0 Å². The Balaban J connectivity index is 1.18. The lowest BCUT2D eigenvalue weighted by molar-refractivity contribution is 0.0662. The van der Waals surface area contributed by atoms with Crippen LogP contribution < -0.4 is 10.1 Å². The van der Waals surface area contributed by atoms with Gasteiger partial charge in [-0.25, -0.2) is 4.39 Å². The van der Waals surface area contributed by atoms with E-state index >= 15 is 0 Å². The van der Waals surface area contributed by atoms with Crippen LogP contribution in [0.5, 0.6) is 5.75 Å². The fraction of sp³-hybridized carbons (Fsp3) is 0.296. The third-order valence-electron chi connectivity index (χ3n) is 6.79. The molecular weight excluding hydrogens is 403 g/mol. The van der Waals surface area contributed by atoms with Gasteiger partial charge in [0.05, 0.1) is 0 Å². The number of fused-ring (bicyclic) bond motifs is 2. The summed E-state index contributed by atoms with van der Waals surface area (Å²) in [6, 6.07) is 22.5. The molecule has 0 aliphatic carbocycles. The second-order valence-corrected chi connectivity index (χ2v) is 8.82. The van der Waals surface area contributed by atoms with Gasteiger partial charge in [-0.1, -0.05) is 24.3 Å². The van der Waals surface area contributed by atoms with E-state index in [0.29, 0.717) is 17.6 Å². The zero-order valence-electron chi connectivity index (χ0n) is 18.1. The molecule has 2 aliphatic heterocycles. The quantitative estimate of drug-likeness (QED) is 0.560. The molecule has 5 rings (SSSR count). The van der Waals surface area contributed by atoms with E-state index in [1.165, 1.54) is 25.0 Å². The molecule has 0 aromatic heterocycles. The normalized spacial score (nSPS) is 22.5. The topological polar surface area (TPSA) is 41.6 Å². The molecule has 3 aromatic rings. The van der Waals surface area contributed by atoms with Gasteiger partial charge in [0, 0.05) is 23.3 Å². The summed E-state index contributed by atoms with van der Waals surface area (Å²) in [5.41, 5.74) is 3.14. The maximum absolute atomic E-state index is 13.1. The lowest BCUT2D eigenvalue weighted by Crippen LogP contribution is -2.43. The van der Waals surface area contributed by atoms with Crippen LogP contribution in [0, 0.1) is 5.82 Å². The van der Waals surface area contributed by atoms with Crippen LogP contribution in [-0.4, -0.2) is 36.0 Å². The van der Waals surface area contributed by atoms with Crippen molar-refractivity contribution in [2.75, 3.05) is 12.4 Å². The number of carbonyl (C=O) groups is 1. The minimum absolute atomic E-state index is 0.170. The third kappa shape index (κ3) is 4.39. The first-order valence-corrected chi connectivity index (χ1v) is 11.2. The number of ether oxygens (including phenoxy) is 1. The lowest BCUT2D eigenvalue weighted by Gasteiger charge is -2.36. The van der Waals surface area contributed by atoms with Crippen molar-refractivity contribution in [3.8, 4) is 16.9 Å². The molecule has 4 nitrogen and oxygen atoms in total. The number of hydrogen-bond donors (Lipinski definition) is 1. The minimum atomic E-state index is -0.264. The first-order valence-electron chi connectivity index (χ1n) is 11.2. The second kappa shape index (κ2) is 8.75. The van der Waals surface area contributed by atoms with E-state index in [9.17, 15) is 9.18 Å². The van der Waals surface area contributed by atoms with Crippen LogP contribution in [0.25, 0.3) is 11.1 Å². The highest BCUT2D eigenvalue weighted by Gasteiger charge is 2.39. The standard InChI is InChI=1S/C27H27FN2O2/c1-30-23-12-13-24(30)17-26(16-23)32-25-14-10-22(11-15-25)29-27(31)20-4-2-18(3-5-20)19-6-8-21(28)9-7-19/h2-11,14-15,23-24,26H,12-13,16-17H2,1H3,(H,29,31)/t23-,24+,26?. The fourth-order valence-corrected chi connectivity index (χ4v) is 4.93. The van der Waals surface area contributed by atoms with Gasteiger partial charge >= 0.3 is 0 Å². The van der Waals surface area contributed by atoms with Gasteiger partial charge in [-0.3, -0.25) is 4.79 Å². The summed E-state index contributed by atoms with van der Waals surface area (Å²) in [6.45, 7) is 0. The predicted molar refractivity (Wildman–Crippen MR) is 124 cm³/mol. The molecule has 0 radical (unpaired) electrons. The first-order chi connectivity index (χ1) is 15.5. The summed E-state index contributed by atoms with van der Waals surface area (Å²) >= 11 is 0. The van der Waals surface area contributed by atoms with Gasteiger partial charge < -0.3 is 15.0 Å². The van der Waals surface area contributed by atoms with E-state index in [1.807, 2.05) is 36.4 Å². The van der Waals surface area contributed by atoms with Crippen molar-refractivity contribution in [1.29, 1.82) is 0 Å². The maximum Gasteiger partial charge on any atom is 0.255 e. The SMILES string of the molecule is CN1[C@@H]2CC[C@H]1CC(Oc1ccc(NC(=O)c3ccc(-c4ccc(F)cc4)cc3)cc1)C2. The van der Waals surface area contributed by atoms with Crippen molar-refractivity contribution in [2.24, 2.45) is 0 Å². The summed E-state index contributed by atoms with van der Waals surface area (Å²) < 4.78 is 19.3. The van der Waals surface area contributed by atoms with Gasteiger partial charge in [-0.15, -0.1) is 0 Å². The molecule has 32 heavy (non-hydrogen) atoms. The fourth-order valence-electron chi connectivity index (χ4n) is 4.93. The van der Waals surface area contributed by atoms with Gasteiger partial charge in [0.15, 0.2) is 0 Å². The lowest BCUT2D eigenvalue weighted by atomic mass is 10.0. The Morgan fingerprint density at radius 1 is 0.875 bits per heavy atom. The molecule has 2 saturated heterocycles. The Bertz CT molecular complexity index is 1070. The van der Waals surface area contributed by atoms with Crippen LogP contribution in [0.1, 0.15) is 36.0 Å². The first kappa shape index (κ1) is 20.7. The molecule has 3 aromatic carbocycles. The summed E-state index contributed by atoms with van der Waals surface area (Å²) in [4.78, 5) is 15.1. The number of nitrogens with zero attached hydrogens (tertiary/aromatic N) is 1. The summed E-state index contributed by atoms with van der Waals surface area (Å²) in [7, 11) is 2.23. The van der Waals surface area contributed by atoms with Crippen molar-refractivity contribution in [2.45, 2.75) is 43.9 Å². The third-order valence-corrected chi connectivity index (χ3v) is 6.79. The number of nitrogens with one attached hydrogen (secondary N) is 1. The van der Waals surface area contributed by atoms with Crippen molar-refractivity contribution in [3.05, 3.63) is 84.2 Å². The number of benzene rings is 3. The molecular formula is C27H27FN2O2. The number of hydrogen-bond acceptors (Lipinski definition) is 3. The Hall–Kier alpha value is -3.18. The predicted octanol–water partition coefficient (Wildman–Crippen LogP) is 5.75. The monoisotopic (exact) mass is 430 g/mol. The highest BCUT2D eigenvalue weighted by Crippen LogP contribution is 2.36. The Morgan fingerprint density at radius 2 is 1.44 bits per heavy atom. The van der Waals surface area contributed by atoms with E-state index in [-0.39, 0.29) is 17.8 Å². The summed E-state index contributed by atoms with van der Waals surface area (Å²) in [5.74, 6) is 0.413. The van der Waals surface area contributed by atoms with Gasteiger partial charge in [0.1, 0.15) is 17.7 Å². The average molecular weight is 431 g/mol. The average Bonchev–Trinajstić information content (AvgIpc) is 3.01. The summed E-state index contributed by atoms with van der Waals surface area (Å²) in [6.07, 6.45) is 4.98. The number of piperidine rings is 1. The highest BCUT2D eigenvalue weighted by molar-refractivity contribution is 6.04. The van der Waals surface area contributed by atoms with E-state index in [1.54, 1.807) is 24.3 Å². The van der Waals surface area contributed by atoms with Crippen LogP contribution in [0.15, 0.2) is 72.8 Å². The number of rotatable bonds is 5. The highest BCUT2D eigenvalue weighted by atomic mass is 19.1. The second-order valence-electron chi connectivity index (χ2n) is 8.82. The molecule has 0 saturated carbocycles. The molecule has 1 unspecified atom stereocenters. The largest absolute Gasteiger partial charge is 0.490 e. The molecule has 2 aliphatic rings. The van der Waals surface area contributed by atoms with Gasteiger partial charge in [0.25, 0.3) is 5.91 Å². The van der Waals surface area contributed by atoms with Crippen LogP contribution in [-0.2, 0) is 0 Å². The number of anilines is 1. The van der Waals surface area contributed by atoms with E-state index < -0.39 is 0 Å². The maximum atomic E-state index is 13.1. The van der Waals surface area contributed by atoms with Gasteiger partial charge in [-0.05, 0) is 92.4 Å². The van der Waals surface area contributed by atoms with Crippen LogP contribution in [0.4, 0.5) is 10.1 Å². The molecule has 0 spiro atoms. The van der Waals surface area contributed by atoms with Crippen LogP contribution in [0.3, 0.4) is 0 Å². The van der Waals surface area contributed by atoms with E-state index in [0.717, 1.165) is 35.4 Å². The summed E-state index contributed by atoms with van der Waals surface area (Å²) in [5, 5.41) is 2.93. The van der Waals surface area contributed by atoms with Crippen LogP contribution in [0.2, 0.25) is 0 Å². The number of halogens is 1. The van der Waals surface area contributed by atoms with Crippen molar-refractivity contribution in [3.63, 3.8) is 0 Å². The Labute approximate surface area is 188 Å². The van der Waals surface area contributed by atoms with Gasteiger partial charge in [-0.2, -0.15) is 0 Å². The molecule has 1 N–H and O–H groups in total. The van der Waals surface area contributed by atoms with E-state index in [4.69, 9.17) is 4.74 Å². The molecule has 3 atom stereocenters. The zero-order valence-corrected chi connectivity index (χ0v) is 18.1. The molecule has 5 heteroatoms. The van der Waals surface area contributed by atoms with Crippen molar-refractivity contribution in [1.82, 2.24) is 4.90 Å². The number of carbonyl (C=O) groups excluding carboxylic acids is 1.